The molecule has 1 radical (unpaired) electrons. The first-order chi connectivity index (χ1) is 6.88. The molecule has 0 aromatic carbocycles. The van der Waals surface area contributed by atoms with Crippen LogP contribution in [0.25, 0.3) is 0 Å². The van der Waals surface area contributed by atoms with Gasteiger partial charge in [0.05, 0.1) is 7.11 Å². The fourth-order valence-electron chi connectivity index (χ4n) is 1.69. The summed E-state index contributed by atoms with van der Waals surface area (Å²) in [7, 11) is 0.750. The van der Waals surface area contributed by atoms with Gasteiger partial charge in [-0.05, 0) is 0 Å². The summed E-state index contributed by atoms with van der Waals surface area (Å²) in [5.74, 6) is 0. The molecule has 0 unspecified atom stereocenters. The second-order valence-electron chi connectivity index (χ2n) is 3.34. The maximum atomic E-state index is 8.25. The van der Waals surface area contributed by atoms with Crippen LogP contribution in [0, 0.1) is 0 Å². The first-order valence-electron chi connectivity index (χ1n) is 4.82. The van der Waals surface area contributed by atoms with Crippen LogP contribution < -0.4 is 0 Å². The molecule has 0 spiro atoms. The van der Waals surface area contributed by atoms with Gasteiger partial charge in [0.2, 0.25) is 0 Å². The Morgan fingerprint density at radius 1 is 0.786 bits per heavy atom. The molecule has 0 saturated carbocycles. The zero-order valence-corrected chi connectivity index (χ0v) is 11.1. The van der Waals surface area contributed by atoms with Gasteiger partial charge in [0.1, 0.15) is 0 Å². The maximum absolute atomic E-state index is 8.25. The standard InChI is InChI=1S/2C5H5.CH3O.CH3.Zr/c2*1-2-4-5-3-1;1-2;;/h2*1-5H;1H3;1H3;. The van der Waals surface area contributed by atoms with E-state index in [9.17, 15) is 0 Å². The molecule has 2 rings (SSSR count). The normalized spacial score (nSPS) is 18.8. The van der Waals surface area contributed by atoms with Crippen molar-refractivity contribution in [2.24, 2.45) is 0 Å². The molecule has 1 nitrogen and oxygen atoms in total. The summed E-state index contributed by atoms with van der Waals surface area (Å²) in [6.45, 7) is 0. The molecule has 0 heterocycles. The van der Waals surface area contributed by atoms with Crippen LogP contribution in [-0.2, 0) is 26.9 Å². The van der Waals surface area contributed by atoms with E-state index in [1.54, 1.807) is 0 Å². The van der Waals surface area contributed by atoms with Crippen LogP contribution in [0.3, 0.4) is 0 Å². The van der Waals surface area contributed by atoms with Crippen LogP contribution in [0.15, 0.2) is 48.6 Å². The van der Waals surface area contributed by atoms with E-state index in [0.29, 0.717) is 0 Å². The third-order valence-electron chi connectivity index (χ3n) is 2.55. The first kappa shape index (κ1) is 11.9. The molecule has 0 N–H and O–H groups in total. The van der Waals surface area contributed by atoms with Gasteiger partial charge in [0, 0.05) is 0 Å². The summed E-state index contributed by atoms with van der Waals surface area (Å²) in [4.78, 5) is 0. The van der Waals surface area contributed by atoms with Gasteiger partial charge in [-0.2, -0.15) is 0 Å². The minimum absolute atomic E-state index is 0.750. The molecule has 0 bridgehead atoms. The SMILES string of the molecule is C[O].[CH3][Zr]([CH]1C=CC=C1)[CH]1C=CC=C1. The Morgan fingerprint density at radius 3 is 1.36 bits per heavy atom. The molecule has 0 aliphatic heterocycles. The molecular formula is C12H16OZr. The minimum atomic E-state index is -1.22. The van der Waals surface area contributed by atoms with Crippen molar-refractivity contribution in [3.8, 4) is 0 Å². The summed E-state index contributed by atoms with van der Waals surface area (Å²) in [6.07, 6.45) is 18.2. The van der Waals surface area contributed by atoms with Gasteiger partial charge in [0.15, 0.2) is 0 Å². The second kappa shape index (κ2) is 6.32. The van der Waals surface area contributed by atoms with Crippen molar-refractivity contribution in [1.82, 2.24) is 0 Å². The third-order valence-corrected chi connectivity index (χ3v) is 9.61. The van der Waals surface area contributed by atoms with E-state index in [0.717, 1.165) is 14.4 Å². The quantitative estimate of drug-likeness (QED) is 0.729. The van der Waals surface area contributed by atoms with E-state index in [1.807, 2.05) is 0 Å². The van der Waals surface area contributed by atoms with Crippen molar-refractivity contribution >= 4 is 0 Å². The van der Waals surface area contributed by atoms with Gasteiger partial charge in [0.25, 0.3) is 0 Å². The third kappa shape index (κ3) is 2.90. The number of hydrogen-bond donors (Lipinski definition) is 0. The second-order valence-corrected chi connectivity index (χ2v) is 10.3. The van der Waals surface area contributed by atoms with E-state index in [-0.39, 0.29) is 0 Å². The molecule has 2 aliphatic carbocycles. The molecule has 14 heavy (non-hydrogen) atoms. The Labute approximate surface area is 94.2 Å². The van der Waals surface area contributed by atoms with E-state index >= 15 is 0 Å². The Balaban J connectivity index is 0.000000461. The Kier molecular flexibility index (Phi) is 5.36. The molecule has 0 aromatic heterocycles. The van der Waals surface area contributed by atoms with Gasteiger partial charge < -0.3 is 0 Å². The molecule has 0 aromatic rings. The predicted octanol–water partition coefficient (Wildman–Crippen LogP) is 3.53. The van der Waals surface area contributed by atoms with Gasteiger partial charge in [-0.1, -0.05) is 0 Å². The number of rotatable bonds is 2. The molecule has 0 saturated heterocycles. The molecule has 0 atom stereocenters. The topological polar surface area (TPSA) is 19.9 Å². The summed E-state index contributed by atoms with van der Waals surface area (Å²) in [5.41, 5.74) is 0. The van der Waals surface area contributed by atoms with Gasteiger partial charge in [-0.25, -0.2) is 5.11 Å². The zero-order chi connectivity index (χ0) is 10.4. The van der Waals surface area contributed by atoms with Gasteiger partial charge >= 0.3 is 82.2 Å². The fourth-order valence-corrected chi connectivity index (χ4v) is 6.86. The fraction of sp³-hybridized carbons (Fsp3) is 0.333. The van der Waals surface area contributed by atoms with Gasteiger partial charge in [-0.3, -0.25) is 0 Å². The molecular weight excluding hydrogens is 251 g/mol. The molecule has 74 valence electrons. The molecule has 0 amide bonds. The van der Waals surface area contributed by atoms with Crippen molar-refractivity contribution in [2.75, 3.05) is 7.11 Å². The Bertz CT molecular complexity index is 224. The number of allylic oxidation sites excluding steroid dienone is 8. The molecule has 2 aliphatic rings. The summed E-state index contributed by atoms with van der Waals surface area (Å²) in [5, 5.41) is 8.25. The van der Waals surface area contributed by atoms with Gasteiger partial charge in [-0.15, -0.1) is 0 Å². The van der Waals surface area contributed by atoms with E-state index in [2.05, 4.69) is 53.2 Å². The van der Waals surface area contributed by atoms with Crippen LogP contribution in [0.2, 0.25) is 11.9 Å². The average Bonchev–Trinajstić information content (AvgIpc) is 2.93. The Morgan fingerprint density at radius 2 is 1.07 bits per heavy atom. The average molecular weight is 267 g/mol. The van der Waals surface area contributed by atoms with Crippen molar-refractivity contribution in [3.63, 3.8) is 0 Å². The van der Waals surface area contributed by atoms with Crippen LogP contribution in [0.1, 0.15) is 0 Å². The first-order valence-corrected chi connectivity index (χ1v) is 10.1. The van der Waals surface area contributed by atoms with Crippen LogP contribution in [0.4, 0.5) is 0 Å². The monoisotopic (exact) mass is 266 g/mol. The van der Waals surface area contributed by atoms with Crippen molar-refractivity contribution < 1.29 is 26.9 Å². The van der Waals surface area contributed by atoms with Crippen LogP contribution >= 0.6 is 0 Å². The summed E-state index contributed by atoms with van der Waals surface area (Å²) >= 11 is -1.22. The van der Waals surface area contributed by atoms with E-state index in [4.69, 9.17) is 5.11 Å². The van der Waals surface area contributed by atoms with E-state index in [1.165, 1.54) is 0 Å². The molecule has 2 heteroatoms. The predicted molar refractivity (Wildman–Crippen MR) is 56.5 cm³/mol. The summed E-state index contributed by atoms with van der Waals surface area (Å²) in [6, 6.07) is 0. The van der Waals surface area contributed by atoms with E-state index < -0.39 is 21.8 Å². The van der Waals surface area contributed by atoms with Crippen molar-refractivity contribution in [3.05, 3.63) is 48.6 Å². The molecule has 0 fully saturated rings. The Hall–Kier alpha value is -0.197. The van der Waals surface area contributed by atoms with Crippen LogP contribution in [0.5, 0.6) is 0 Å². The summed E-state index contributed by atoms with van der Waals surface area (Å²) < 4.78 is 4.19. The number of hydrogen-bond acceptors (Lipinski definition) is 0. The van der Waals surface area contributed by atoms with Crippen LogP contribution in [-0.4, -0.2) is 7.11 Å². The van der Waals surface area contributed by atoms with Crippen molar-refractivity contribution in [1.29, 1.82) is 0 Å². The van der Waals surface area contributed by atoms with Crippen molar-refractivity contribution in [2.45, 2.75) is 11.9 Å². The zero-order valence-electron chi connectivity index (χ0n) is 8.68.